The maximum Gasteiger partial charge on any atom is 0.192 e. The summed E-state index contributed by atoms with van der Waals surface area (Å²) in [4.78, 5) is 0. The molecule has 3 rings (SSSR count). The van der Waals surface area contributed by atoms with Gasteiger partial charge >= 0.3 is 0 Å². The molecule has 110 valence electrons. The number of nitrogens with zero attached hydrogens (tertiary/aromatic N) is 5. The molecule has 7 heteroatoms. The van der Waals surface area contributed by atoms with Crippen molar-refractivity contribution in [3.63, 3.8) is 0 Å². The Labute approximate surface area is 132 Å². The van der Waals surface area contributed by atoms with Gasteiger partial charge in [-0.05, 0) is 30.2 Å². The highest BCUT2D eigenvalue weighted by Crippen LogP contribution is 2.27. The van der Waals surface area contributed by atoms with Crippen molar-refractivity contribution in [2.24, 2.45) is 0 Å². The lowest BCUT2D eigenvalue weighted by Crippen LogP contribution is -2.01. The molecule has 0 fully saturated rings. The third kappa shape index (κ3) is 2.59. The predicted molar refractivity (Wildman–Crippen MR) is 83.1 cm³/mol. The largest absolute Gasteiger partial charge is 0.264 e. The number of aromatic nitrogens is 5. The average molecular weight is 313 g/mol. The van der Waals surface area contributed by atoms with Crippen LogP contribution in [0.15, 0.2) is 30.3 Å². The Morgan fingerprint density at radius 1 is 1.27 bits per heavy atom. The third-order valence-electron chi connectivity index (χ3n) is 3.25. The van der Waals surface area contributed by atoms with Crippen LogP contribution in [0.5, 0.6) is 0 Å². The molecule has 0 amide bonds. The van der Waals surface area contributed by atoms with Crippen LogP contribution in [0.25, 0.3) is 22.6 Å². The summed E-state index contributed by atoms with van der Waals surface area (Å²) in [6.45, 7) is 2.86. The van der Waals surface area contributed by atoms with Crippen LogP contribution in [-0.2, 0) is 6.54 Å². The molecule has 0 unspecified atom stereocenters. The first-order valence-corrected chi connectivity index (χ1v) is 7.25. The number of aryl methyl sites for hydroxylation is 1. The Morgan fingerprint density at radius 3 is 2.73 bits per heavy atom. The fraction of sp³-hybridized carbons (Fsp3) is 0.200. The number of benzene rings is 1. The Kier molecular flexibility index (Phi) is 3.90. The van der Waals surface area contributed by atoms with Crippen LogP contribution < -0.4 is 0 Å². The molecule has 6 nitrogen and oxygen atoms in total. The van der Waals surface area contributed by atoms with E-state index in [0.29, 0.717) is 16.4 Å². The van der Waals surface area contributed by atoms with Crippen LogP contribution in [0.3, 0.4) is 0 Å². The molecule has 2 aromatic heterocycles. The Hall–Kier alpha value is -2.65. The normalized spacial score (nSPS) is 10.6. The van der Waals surface area contributed by atoms with E-state index in [9.17, 15) is 0 Å². The van der Waals surface area contributed by atoms with E-state index in [1.807, 2.05) is 41.1 Å². The summed E-state index contributed by atoms with van der Waals surface area (Å²) in [5, 5.41) is 24.6. The van der Waals surface area contributed by atoms with E-state index >= 15 is 0 Å². The van der Waals surface area contributed by atoms with Crippen molar-refractivity contribution in [3.05, 3.63) is 41.0 Å². The predicted octanol–water partition coefficient (Wildman–Crippen LogP) is 3.27. The number of H-pyrrole nitrogens is 1. The van der Waals surface area contributed by atoms with Crippen molar-refractivity contribution in [1.82, 2.24) is 25.2 Å². The summed E-state index contributed by atoms with van der Waals surface area (Å²) in [7, 11) is 0. The molecular weight excluding hydrogens is 300 g/mol. The van der Waals surface area contributed by atoms with E-state index < -0.39 is 0 Å². The first-order chi connectivity index (χ1) is 10.7. The topological polar surface area (TPSA) is 83.2 Å². The van der Waals surface area contributed by atoms with Gasteiger partial charge in [0.15, 0.2) is 11.4 Å². The van der Waals surface area contributed by atoms with Crippen molar-refractivity contribution in [2.45, 2.75) is 19.9 Å². The van der Waals surface area contributed by atoms with Gasteiger partial charge in [0.05, 0.1) is 5.69 Å². The second-order valence-electron chi connectivity index (χ2n) is 4.78. The lowest BCUT2D eigenvalue weighted by Gasteiger charge is -2.05. The standard InChI is InChI=1S/C15H13ClN6/c1-2-7-22-14(10-3-5-11(16)6-4-10)8-12(20-22)15-13(9-17)18-21-19-15/h3-6,8H,2,7H2,1H3,(H,18,19,21). The van der Waals surface area contributed by atoms with Crippen LogP contribution in [0.1, 0.15) is 19.0 Å². The molecular formula is C15H13ClN6. The SMILES string of the molecule is CCCn1nc(-c2n[nH]nc2C#N)cc1-c1ccc(Cl)cc1. The zero-order chi connectivity index (χ0) is 15.5. The lowest BCUT2D eigenvalue weighted by atomic mass is 10.1. The van der Waals surface area contributed by atoms with Gasteiger partial charge in [-0.15, -0.1) is 5.10 Å². The first-order valence-electron chi connectivity index (χ1n) is 6.88. The summed E-state index contributed by atoms with van der Waals surface area (Å²) in [6.07, 6.45) is 0.950. The molecule has 0 saturated carbocycles. The zero-order valence-electron chi connectivity index (χ0n) is 11.9. The van der Waals surface area contributed by atoms with Crippen molar-refractivity contribution in [2.75, 3.05) is 0 Å². The minimum Gasteiger partial charge on any atom is -0.264 e. The molecule has 0 atom stereocenters. The first kappa shape index (κ1) is 14.3. The monoisotopic (exact) mass is 312 g/mol. The quantitative estimate of drug-likeness (QED) is 0.801. The van der Waals surface area contributed by atoms with Crippen LogP contribution in [-0.4, -0.2) is 25.2 Å². The molecule has 3 aromatic rings. The fourth-order valence-electron chi connectivity index (χ4n) is 2.26. The number of nitrogens with one attached hydrogen (secondary N) is 1. The van der Waals surface area contributed by atoms with E-state index in [0.717, 1.165) is 24.2 Å². The van der Waals surface area contributed by atoms with Gasteiger partial charge in [-0.25, -0.2) is 0 Å². The minimum atomic E-state index is 0.240. The maximum atomic E-state index is 9.07. The molecule has 0 bridgehead atoms. The number of rotatable bonds is 4. The van der Waals surface area contributed by atoms with E-state index in [1.54, 1.807) is 0 Å². The second kappa shape index (κ2) is 6.00. The Morgan fingerprint density at radius 2 is 2.05 bits per heavy atom. The van der Waals surface area contributed by atoms with Crippen molar-refractivity contribution >= 4 is 11.6 Å². The molecule has 2 heterocycles. The van der Waals surface area contributed by atoms with E-state index in [2.05, 4.69) is 27.4 Å². The zero-order valence-corrected chi connectivity index (χ0v) is 12.7. The number of nitriles is 1. The number of aromatic amines is 1. The minimum absolute atomic E-state index is 0.240. The molecule has 0 aliphatic heterocycles. The van der Waals surface area contributed by atoms with E-state index in [4.69, 9.17) is 16.9 Å². The molecule has 0 saturated heterocycles. The highest BCUT2D eigenvalue weighted by atomic mass is 35.5. The second-order valence-corrected chi connectivity index (χ2v) is 5.21. The maximum absolute atomic E-state index is 9.07. The van der Waals surface area contributed by atoms with Gasteiger partial charge < -0.3 is 0 Å². The summed E-state index contributed by atoms with van der Waals surface area (Å²) in [5.74, 6) is 0. The molecule has 22 heavy (non-hydrogen) atoms. The van der Waals surface area contributed by atoms with Crippen LogP contribution in [0.2, 0.25) is 5.02 Å². The van der Waals surface area contributed by atoms with E-state index in [1.165, 1.54) is 0 Å². The molecule has 0 radical (unpaired) electrons. The van der Waals surface area contributed by atoms with Gasteiger partial charge in [-0.2, -0.15) is 20.7 Å². The number of halogens is 1. The lowest BCUT2D eigenvalue weighted by molar-refractivity contribution is 0.610. The fourth-order valence-corrected chi connectivity index (χ4v) is 2.38. The van der Waals surface area contributed by atoms with Gasteiger partial charge in [0.1, 0.15) is 11.8 Å². The molecule has 0 aliphatic carbocycles. The summed E-state index contributed by atoms with van der Waals surface area (Å²) in [6, 6.07) is 11.5. The Balaban J connectivity index is 2.10. The molecule has 1 N–H and O–H groups in total. The summed E-state index contributed by atoms with van der Waals surface area (Å²) < 4.78 is 1.91. The van der Waals surface area contributed by atoms with Gasteiger partial charge in [-0.1, -0.05) is 30.7 Å². The van der Waals surface area contributed by atoms with Gasteiger partial charge in [0, 0.05) is 11.6 Å². The summed E-state index contributed by atoms with van der Waals surface area (Å²) >= 11 is 5.95. The van der Waals surface area contributed by atoms with Gasteiger partial charge in [-0.3, -0.25) is 4.68 Å². The van der Waals surface area contributed by atoms with Crippen molar-refractivity contribution in [3.8, 4) is 28.7 Å². The molecule has 0 spiro atoms. The highest BCUT2D eigenvalue weighted by molar-refractivity contribution is 6.30. The highest BCUT2D eigenvalue weighted by Gasteiger charge is 2.16. The van der Waals surface area contributed by atoms with Gasteiger partial charge in [0.25, 0.3) is 0 Å². The summed E-state index contributed by atoms with van der Waals surface area (Å²) in [5.41, 5.74) is 3.30. The van der Waals surface area contributed by atoms with Crippen LogP contribution >= 0.6 is 11.6 Å². The Bertz CT molecular complexity index is 825. The smallest absolute Gasteiger partial charge is 0.192 e. The molecule has 1 aromatic carbocycles. The van der Waals surface area contributed by atoms with Gasteiger partial charge in [0.2, 0.25) is 0 Å². The van der Waals surface area contributed by atoms with Crippen molar-refractivity contribution in [1.29, 1.82) is 5.26 Å². The number of hydrogen-bond acceptors (Lipinski definition) is 4. The van der Waals surface area contributed by atoms with Crippen LogP contribution in [0, 0.1) is 11.3 Å². The molecule has 0 aliphatic rings. The third-order valence-corrected chi connectivity index (χ3v) is 3.50. The van der Waals surface area contributed by atoms with E-state index in [-0.39, 0.29) is 5.69 Å². The average Bonchev–Trinajstić information content (AvgIpc) is 3.14. The van der Waals surface area contributed by atoms with Crippen molar-refractivity contribution < 1.29 is 0 Å². The van der Waals surface area contributed by atoms with Crippen LogP contribution in [0.4, 0.5) is 0 Å². The number of hydrogen-bond donors (Lipinski definition) is 1.